The van der Waals surface area contributed by atoms with Crippen molar-refractivity contribution in [3.63, 3.8) is 0 Å². The van der Waals surface area contributed by atoms with Crippen molar-refractivity contribution < 1.29 is 14.5 Å². The monoisotopic (exact) mass is 498 g/mol. The second-order valence-electron chi connectivity index (χ2n) is 7.80. The number of hydrogen-bond acceptors (Lipinski definition) is 8. The third kappa shape index (κ3) is 5.46. The van der Waals surface area contributed by atoms with E-state index in [0.717, 1.165) is 37.1 Å². The van der Waals surface area contributed by atoms with Crippen LogP contribution in [0.2, 0.25) is 0 Å². The highest BCUT2D eigenvalue weighted by atomic mass is 32.1. The number of nitro benzene ring substituents is 1. The van der Waals surface area contributed by atoms with E-state index < -0.39 is 10.8 Å². The molecule has 2 heterocycles. The minimum atomic E-state index is -0.556. The lowest BCUT2D eigenvalue weighted by Gasteiger charge is -2.28. The molecule has 1 aliphatic rings. The number of thiocarbonyl (C=S) groups is 1. The molecule has 0 aliphatic carbocycles. The Kier molecular flexibility index (Phi) is 6.98. The number of nitrogens with one attached hydrogen (secondary N) is 3. The fourth-order valence-electron chi connectivity index (χ4n) is 3.78. The van der Waals surface area contributed by atoms with Gasteiger partial charge >= 0.3 is 0 Å². The molecule has 3 N–H and O–H groups in total. The number of thiazole rings is 1. The highest BCUT2D eigenvalue weighted by Gasteiger charge is 2.23. The van der Waals surface area contributed by atoms with Gasteiger partial charge in [0.25, 0.3) is 11.6 Å². The lowest BCUT2D eigenvalue weighted by molar-refractivity contribution is -0.384. The molecule has 10 nitrogen and oxygen atoms in total. The number of anilines is 3. The maximum Gasteiger partial charge on any atom is 0.293 e. The van der Waals surface area contributed by atoms with Gasteiger partial charge in [0, 0.05) is 37.3 Å². The van der Waals surface area contributed by atoms with Gasteiger partial charge in [-0.3, -0.25) is 25.0 Å². The third-order valence-electron chi connectivity index (χ3n) is 5.29. The van der Waals surface area contributed by atoms with Gasteiger partial charge in [0.2, 0.25) is 5.91 Å². The van der Waals surface area contributed by atoms with Gasteiger partial charge in [-0.15, -0.1) is 0 Å². The first-order chi connectivity index (χ1) is 16.3. The molecule has 1 saturated heterocycles. The van der Waals surface area contributed by atoms with Crippen molar-refractivity contribution >= 4 is 72.9 Å². The first-order valence-electron chi connectivity index (χ1n) is 10.6. The van der Waals surface area contributed by atoms with Crippen LogP contribution in [0.3, 0.4) is 0 Å². The zero-order valence-corrected chi connectivity index (χ0v) is 19.9. The van der Waals surface area contributed by atoms with E-state index in [-0.39, 0.29) is 22.3 Å². The predicted octanol–water partition coefficient (Wildman–Crippen LogP) is 4.28. The number of benzene rings is 2. The molecule has 34 heavy (non-hydrogen) atoms. The molecular formula is C22H22N6O4S2. The lowest BCUT2D eigenvalue weighted by Crippen LogP contribution is -2.34. The van der Waals surface area contributed by atoms with E-state index >= 15 is 0 Å². The van der Waals surface area contributed by atoms with Gasteiger partial charge in [-0.2, -0.15) is 0 Å². The summed E-state index contributed by atoms with van der Waals surface area (Å²) in [6.07, 6.45) is 3.08. The van der Waals surface area contributed by atoms with Gasteiger partial charge in [0.1, 0.15) is 5.69 Å². The smallest absolute Gasteiger partial charge is 0.293 e. The molecule has 0 atom stereocenters. The molecule has 0 unspecified atom stereocenters. The van der Waals surface area contributed by atoms with E-state index in [2.05, 4.69) is 20.9 Å². The minimum Gasteiger partial charge on any atom is -0.366 e. The summed E-state index contributed by atoms with van der Waals surface area (Å²) < 4.78 is 0.826. The van der Waals surface area contributed by atoms with E-state index in [1.54, 1.807) is 30.3 Å². The normalized spacial score (nSPS) is 13.4. The van der Waals surface area contributed by atoms with Crippen LogP contribution in [-0.2, 0) is 4.79 Å². The number of rotatable bonds is 5. The second-order valence-corrected chi connectivity index (χ2v) is 9.24. The summed E-state index contributed by atoms with van der Waals surface area (Å²) in [6.45, 7) is 2.95. The van der Waals surface area contributed by atoms with Crippen molar-refractivity contribution in [2.45, 2.75) is 26.2 Å². The average molecular weight is 499 g/mol. The Labute approximate surface area is 204 Å². The van der Waals surface area contributed by atoms with Crippen LogP contribution in [0, 0.1) is 10.1 Å². The first kappa shape index (κ1) is 23.5. The van der Waals surface area contributed by atoms with E-state index in [1.165, 1.54) is 24.3 Å². The van der Waals surface area contributed by atoms with E-state index in [0.29, 0.717) is 22.0 Å². The standard InChI is InChI=1S/C22H22N6O4S2/c1-13(29)23-15-6-7-16-19(12-15)34-22(24-16)26-21(33)25-20(30)14-5-8-17(18(11-14)28(31)32)27-9-3-2-4-10-27/h5-8,11-12H,2-4,9-10H2,1H3,(H,23,29)(H2,24,25,26,30,33). The van der Waals surface area contributed by atoms with Crippen LogP contribution in [-0.4, -0.2) is 39.9 Å². The van der Waals surface area contributed by atoms with Crippen molar-refractivity contribution in [2.75, 3.05) is 28.6 Å². The molecule has 1 fully saturated rings. The molecule has 12 heteroatoms. The summed E-state index contributed by atoms with van der Waals surface area (Å²) in [6, 6.07) is 9.78. The van der Waals surface area contributed by atoms with Crippen molar-refractivity contribution in [2.24, 2.45) is 0 Å². The van der Waals surface area contributed by atoms with E-state index in [9.17, 15) is 19.7 Å². The topological polar surface area (TPSA) is 130 Å². The summed E-state index contributed by atoms with van der Waals surface area (Å²) in [7, 11) is 0. The van der Waals surface area contributed by atoms with Gasteiger partial charge in [-0.1, -0.05) is 11.3 Å². The molecule has 3 aromatic rings. The number of carbonyl (C=O) groups excluding carboxylic acids is 2. The zero-order chi connectivity index (χ0) is 24.2. The lowest BCUT2D eigenvalue weighted by atomic mass is 10.1. The number of amides is 2. The quantitative estimate of drug-likeness (QED) is 0.270. The van der Waals surface area contributed by atoms with Gasteiger partial charge in [-0.05, 0) is 61.8 Å². The number of nitro groups is 1. The zero-order valence-electron chi connectivity index (χ0n) is 18.3. The van der Waals surface area contributed by atoms with Gasteiger partial charge < -0.3 is 15.5 Å². The second kappa shape index (κ2) is 10.1. The molecule has 176 valence electrons. The highest BCUT2D eigenvalue weighted by molar-refractivity contribution is 7.80. The summed E-state index contributed by atoms with van der Waals surface area (Å²) in [4.78, 5) is 41.5. The molecule has 0 radical (unpaired) electrons. The Morgan fingerprint density at radius 2 is 1.88 bits per heavy atom. The number of hydrogen-bond donors (Lipinski definition) is 3. The Bertz CT molecular complexity index is 1290. The number of fused-ring (bicyclic) bond motifs is 1. The third-order valence-corrected chi connectivity index (χ3v) is 6.43. The number of piperidine rings is 1. The minimum absolute atomic E-state index is 0.0221. The Balaban J connectivity index is 1.45. The average Bonchev–Trinajstić information content (AvgIpc) is 3.20. The van der Waals surface area contributed by atoms with E-state index in [4.69, 9.17) is 12.2 Å². The van der Waals surface area contributed by atoms with Gasteiger partial charge in [0.05, 0.1) is 15.1 Å². The number of carbonyl (C=O) groups is 2. The largest absolute Gasteiger partial charge is 0.366 e. The van der Waals surface area contributed by atoms with Gasteiger partial charge in [0.15, 0.2) is 10.2 Å². The predicted molar refractivity (Wildman–Crippen MR) is 137 cm³/mol. The maximum absolute atomic E-state index is 12.7. The van der Waals surface area contributed by atoms with Crippen molar-refractivity contribution in [1.82, 2.24) is 10.3 Å². The molecule has 4 rings (SSSR count). The Morgan fingerprint density at radius 1 is 1.12 bits per heavy atom. The Hall–Kier alpha value is -3.64. The van der Waals surface area contributed by atoms with Crippen LogP contribution in [0.15, 0.2) is 36.4 Å². The number of nitrogens with zero attached hydrogens (tertiary/aromatic N) is 3. The molecule has 2 aromatic carbocycles. The summed E-state index contributed by atoms with van der Waals surface area (Å²) in [5.74, 6) is -0.727. The van der Waals surface area contributed by atoms with E-state index in [1.807, 2.05) is 4.90 Å². The van der Waals surface area contributed by atoms with Crippen molar-refractivity contribution in [3.8, 4) is 0 Å². The van der Waals surface area contributed by atoms with Crippen LogP contribution in [0.1, 0.15) is 36.5 Å². The number of aromatic nitrogens is 1. The SMILES string of the molecule is CC(=O)Nc1ccc2nc(NC(=S)NC(=O)c3ccc(N4CCCCC4)c([N+](=O)[O-])c3)sc2c1. The fourth-order valence-corrected chi connectivity index (χ4v) is 4.94. The summed E-state index contributed by atoms with van der Waals surface area (Å²) in [5.41, 5.74) is 1.92. The fraction of sp³-hybridized carbons (Fsp3) is 0.273. The molecular weight excluding hydrogens is 476 g/mol. The molecule has 1 aromatic heterocycles. The summed E-state index contributed by atoms with van der Waals surface area (Å²) in [5, 5.41) is 20.3. The van der Waals surface area contributed by atoms with Crippen LogP contribution >= 0.6 is 23.6 Å². The van der Waals surface area contributed by atoms with Crippen LogP contribution < -0.4 is 20.9 Å². The van der Waals surface area contributed by atoms with Crippen molar-refractivity contribution in [3.05, 3.63) is 52.1 Å². The molecule has 1 aliphatic heterocycles. The first-order valence-corrected chi connectivity index (χ1v) is 11.9. The van der Waals surface area contributed by atoms with Crippen molar-refractivity contribution in [1.29, 1.82) is 0 Å². The Morgan fingerprint density at radius 3 is 2.59 bits per heavy atom. The highest BCUT2D eigenvalue weighted by Crippen LogP contribution is 2.31. The van der Waals surface area contributed by atoms with Crippen LogP contribution in [0.4, 0.5) is 22.2 Å². The summed E-state index contributed by atoms with van der Waals surface area (Å²) >= 11 is 6.54. The molecule has 2 amide bonds. The van der Waals surface area contributed by atoms with Crippen LogP contribution in [0.5, 0.6) is 0 Å². The van der Waals surface area contributed by atoms with Gasteiger partial charge in [-0.25, -0.2) is 4.98 Å². The van der Waals surface area contributed by atoms with Crippen LogP contribution in [0.25, 0.3) is 10.2 Å². The molecule has 0 saturated carbocycles. The molecule has 0 spiro atoms. The molecule has 0 bridgehead atoms. The maximum atomic E-state index is 12.7.